The zero-order chi connectivity index (χ0) is 13.5. The quantitative estimate of drug-likeness (QED) is 0.824. The predicted octanol–water partition coefficient (Wildman–Crippen LogP) is 1.95. The molecule has 2 rings (SSSR count). The molecule has 0 radical (unpaired) electrons. The molecule has 6 heteroatoms. The van der Waals surface area contributed by atoms with Crippen LogP contribution in [0, 0.1) is 5.92 Å². The first-order valence-corrected chi connectivity index (χ1v) is 6.30. The molecule has 0 bridgehead atoms. The second-order valence-electron chi connectivity index (χ2n) is 4.65. The Morgan fingerprint density at radius 2 is 1.95 bits per heavy atom. The zero-order valence-corrected chi connectivity index (χ0v) is 11.2. The van der Waals surface area contributed by atoms with Gasteiger partial charge in [0.2, 0.25) is 5.95 Å². The van der Waals surface area contributed by atoms with Crippen LogP contribution in [0.25, 0.3) is 0 Å². The number of hydrogen-bond acceptors (Lipinski definition) is 6. The number of hydrogen-bond donors (Lipinski definition) is 2. The number of pyridine rings is 1. The Hall–Kier alpha value is -2.24. The lowest BCUT2D eigenvalue weighted by atomic mass is 10.2. The number of aromatic nitrogens is 4. The van der Waals surface area contributed by atoms with Gasteiger partial charge in [-0.2, -0.15) is 10.1 Å². The standard InChI is InChI=1S/C13H18N6/c1-10(2)7-15-12-9-17-19-13(18-12)16-8-11-3-5-14-6-4-11/h3-6,9-10H,7-8H2,1-2H3,(H2,15,16,18,19). The highest BCUT2D eigenvalue weighted by molar-refractivity contribution is 5.37. The largest absolute Gasteiger partial charge is 0.368 e. The maximum Gasteiger partial charge on any atom is 0.244 e. The first-order valence-electron chi connectivity index (χ1n) is 6.30. The van der Waals surface area contributed by atoms with Gasteiger partial charge in [0, 0.05) is 25.5 Å². The predicted molar refractivity (Wildman–Crippen MR) is 74.7 cm³/mol. The monoisotopic (exact) mass is 258 g/mol. The SMILES string of the molecule is CC(C)CNc1cnnc(NCc2ccncc2)n1. The molecule has 100 valence electrons. The van der Waals surface area contributed by atoms with Gasteiger partial charge in [-0.3, -0.25) is 4.98 Å². The van der Waals surface area contributed by atoms with E-state index in [2.05, 4.69) is 44.6 Å². The number of nitrogens with zero attached hydrogens (tertiary/aromatic N) is 4. The maximum absolute atomic E-state index is 4.35. The van der Waals surface area contributed by atoms with Gasteiger partial charge in [0.05, 0.1) is 6.20 Å². The highest BCUT2D eigenvalue weighted by atomic mass is 15.3. The van der Waals surface area contributed by atoms with E-state index >= 15 is 0 Å². The van der Waals surface area contributed by atoms with Crippen molar-refractivity contribution >= 4 is 11.8 Å². The fourth-order valence-electron chi connectivity index (χ4n) is 1.45. The van der Waals surface area contributed by atoms with E-state index in [-0.39, 0.29) is 0 Å². The van der Waals surface area contributed by atoms with Gasteiger partial charge in [-0.25, -0.2) is 0 Å². The lowest BCUT2D eigenvalue weighted by Crippen LogP contribution is -2.11. The maximum atomic E-state index is 4.35. The smallest absolute Gasteiger partial charge is 0.244 e. The normalized spacial score (nSPS) is 10.5. The van der Waals surface area contributed by atoms with Gasteiger partial charge in [0.1, 0.15) is 0 Å². The Morgan fingerprint density at radius 1 is 1.16 bits per heavy atom. The van der Waals surface area contributed by atoms with Crippen LogP contribution < -0.4 is 10.6 Å². The highest BCUT2D eigenvalue weighted by Gasteiger charge is 2.01. The molecule has 0 saturated heterocycles. The van der Waals surface area contributed by atoms with Gasteiger partial charge in [-0.15, -0.1) is 5.10 Å². The molecule has 0 saturated carbocycles. The third kappa shape index (κ3) is 4.50. The zero-order valence-electron chi connectivity index (χ0n) is 11.2. The fraction of sp³-hybridized carbons (Fsp3) is 0.385. The minimum atomic E-state index is 0.519. The summed E-state index contributed by atoms with van der Waals surface area (Å²) in [6, 6.07) is 3.89. The second-order valence-corrected chi connectivity index (χ2v) is 4.65. The molecule has 0 amide bonds. The summed E-state index contributed by atoms with van der Waals surface area (Å²) in [6.07, 6.45) is 5.15. The van der Waals surface area contributed by atoms with Gasteiger partial charge >= 0.3 is 0 Å². The average Bonchev–Trinajstić information content (AvgIpc) is 2.44. The summed E-state index contributed by atoms with van der Waals surface area (Å²) in [5.74, 6) is 1.81. The van der Waals surface area contributed by atoms with Crippen molar-refractivity contribution in [3.63, 3.8) is 0 Å². The molecule has 2 aromatic heterocycles. The van der Waals surface area contributed by atoms with Crippen LogP contribution in [-0.2, 0) is 6.54 Å². The fourth-order valence-corrected chi connectivity index (χ4v) is 1.45. The molecule has 0 unspecified atom stereocenters. The number of rotatable bonds is 6. The molecule has 2 N–H and O–H groups in total. The van der Waals surface area contributed by atoms with Crippen LogP contribution in [0.2, 0.25) is 0 Å². The Kier molecular flexibility index (Phi) is 4.60. The second kappa shape index (κ2) is 6.63. The van der Waals surface area contributed by atoms with Crippen molar-refractivity contribution in [3.05, 3.63) is 36.3 Å². The van der Waals surface area contributed by atoms with E-state index in [9.17, 15) is 0 Å². The molecule has 0 spiro atoms. The summed E-state index contributed by atoms with van der Waals surface area (Å²) >= 11 is 0. The Labute approximate surface area is 112 Å². The lowest BCUT2D eigenvalue weighted by molar-refractivity contribution is 0.686. The van der Waals surface area contributed by atoms with Crippen LogP contribution >= 0.6 is 0 Å². The molecule has 0 aliphatic rings. The molecule has 0 aromatic carbocycles. The number of anilines is 2. The molecular formula is C13H18N6. The molecule has 2 heterocycles. The van der Waals surface area contributed by atoms with Gasteiger partial charge in [-0.1, -0.05) is 13.8 Å². The van der Waals surface area contributed by atoms with E-state index in [0.29, 0.717) is 18.4 Å². The first kappa shape index (κ1) is 13.2. The Balaban J connectivity index is 1.91. The summed E-state index contributed by atoms with van der Waals surface area (Å²) < 4.78 is 0. The van der Waals surface area contributed by atoms with E-state index in [1.165, 1.54) is 0 Å². The van der Waals surface area contributed by atoms with E-state index in [0.717, 1.165) is 17.9 Å². The summed E-state index contributed by atoms with van der Waals surface area (Å²) in [6.45, 7) is 5.80. The lowest BCUT2D eigenvalue weighted by Gasteiger charge is -2.09. The molecule has 2 aromatic rings. The minimum Gasteiger partial charge on any atom is -0.368 e. The van der Waals surface area contributed by atoms with Gasteiger partial charge in [0.15, 0.2) is 5.82 Å². The molecule has 6 nitrogen and oxygen atoms in total. The summed E-state index contributed by atoms with van der Waals surface area (Å²) in [4.78, 5) is 8.32. The summed E-state index contributed by atoms with van der Waals surface area (Å²) in [5, 5.41) is 14.2. The van der Waals surface area contributed by atoms with Crippen molar-refractivity contribution in [1.29, 1.82) is 0 Å². The Morgan fingerprint density at radius 3 is 2.68 bits per heavy atom. The van der Waals surface area contributed by atoms with Gasteiger partial charge in [-0.05, 0) is 23.6 Å². The van der Waals surface area contributed by atoms with Crippen LogP contribution in [0.4, 0.5) is 11.8 Å². The summed E-state index contributed by atoms with van der Waals surface area (Å²) in [7, 11) is 0. The van der Waals surface area contributed by atoms with E-state index in [4.69, 9.17) is 0 Å². The van der Waals surface area contributed by atoms with Crippen molar-refractivity contribution in [1.82, 2.24) is 20.2 Å². The van der Waals surface area contributed by atoms with Crippen molar-refractivity contribution in [2.24, 2.45) is 5.92 Å². The third-order valence-corrected chi connectivity index (χ3v) is 2.45. The van der Waals surface area contributed by atoms with Crippen LogP contribution in [0.5, 0.6) is 0 Å². The minimum absolute atomic E-state index is 0.519. The molecule has 0 atom stereocenters. The van der Waals surface area contributed by atoms with Crippen molar-refractivity contribution in [2.45, 2.75) is 20.4 Å². The average molecular weight is 258 g/mol. The topological polar surface area (TPSA) is 75.6 Å². The first-order chi connectivity index (χ1) is 9.24. The number of nitrogens with one attached hydrogen (secondary N) is 2. The molecular weight excluding hydrogens is 240 g/mol. The van der Waals surface area contributed by atoms with E-state index < -0.39 is 0 Å². The van der Waals surface area contributed by atoms with Crippen LogP contribution in [0.3, 0.4) is 0 Å². The van der Waals surface area contributed by atoms with Gasteiger partial charge in [0.25, 0.3) is 0 Å². The van der Waals surface area contributed by atoms with Crippen LogP contribution in [0.1, 0.15) is 19.4 Å². The van der Waals surface area contributed by atoms with Gasteiger partial charge < -0.3 is 10.6 Å². The molecule has 0 aliphatic carbocycles. The third-order valence-electron chi connectivity index (χ3n) is 2.45. The van der Waals surface area contributed by atoms with E-state index in [1.54, 1.807) is 18.6 Å². The Bertz CT molecular complexity index is 499. The molecule has 0 aliphatic heterocycles. The van der Waals surface area contributed by atoms with Crippen LogP contribution in [0.15, 0.2) is 30.7 Å². The van der Waals surface area contributed by atoms with Crippen LogP contribution in [-0.4, -0.2) is 26.7 Å². The molecule has 0 fully saturated rings. The van der Waals surface area contributed by atoms with Crippen molar-refractivity contribution in [2.75, 3.05) is 17.2 Å². The van der Waals surface area contributed by atoms with Crippen molar-refractivity contribution < 1.29 is 0 Å². The van der Waals surface area contributed by atoms with Crippen molar-refractivity contribution in [3.8, 4) is 0 Å². The summed E-state index contributed by atoms with van der Waals surface area (Å²) in [5.41, 5.74) is 1.12. The van der Waals surface area contributed by atoms with E-state index in [1.807, 2.05) is 12.1 Å². The molecule has 19 heavy (non-hydrogen) atoms. The highest BCUT2D eigenvalue weighted by Crippen LogP contribution is 2.06.